The minimum Gasteiger partial charge on any atom is -0.481 e. The predicted molar refractivity (Wildman–Crippen MR) is 86.6 cm³/mol. The summed E-state index contributed by atoms with van der Waals surface area (Å²) in [5.41, 5.74) is 0. The van der Waals surface area contributed by atoms with E-state index in [4.69, 9.17) is 9.84 Å². The van der Waals surface area contributed by atoms with Crippen molar-refractivity contribution < 1.29 is 19.4 Å². The normalized spacial score (nSPS) is 17.5. The molecule has 0 saturated heterocycles. The van der Waals surface area contributed by atoms with Gasteiger partial charge in [0, 0.05) is 0 Å². The van der Waals surface area contributed by atoms with E-state index in [1.165, 1.54) is 32.1 Å². The molecule has 0 spiro atoms. The summed E-state index contributed by atoms with van der Waals surface area (Å²) in [5.74, 6) is -1.30. The van der Waals surface area contributed by atoms with Gasteiger partial charge < -0.3 is 9.84 Å². The number of carboxylic acid groups (broad SMARTS) is 1. The highest BCUT2D eigenvalue weighted by Crippen LogP contribution is 2.26. The van der Waals surface area contributed by atoms with Gasteiger partial charge in [0.1, 0.15) is 0 Å². The molecule has 0 aliphatic heterocycles. The highest BCUT2D eigenvalue weighted by Gasteiger charge is 2.21. The summed E-state index contributed by atoms with van der Waals surface area (Å²) in [6.45, 7) is 2.50. The van der Waals surface area contributed by atoms with E-state index in [-0.39, 0.29) is 12.4 Å². The van der Waals surface area contributed by atoms with Gasteiger partial charge in [-0.1, -0.05) is 57.6 Å². The van der Waals surface area contributed by atoms with Crippen molar-refractivity contribution in [1.29, 1.82) is 0 Å². The molecule has 1 unspecified atom stereocenters. The zero-order chi connectivity index (χ0) is 16.2. The fourth-order valence-corrected chi connectivity index (χ4v) is 2.89. The van der Waals surface area contributed by atoms with Gasteiger partial charge in [0.2, 0.25) is 0 Å². The third-order valence-corrected chi connectivity index (χ3v) is 4.32. The maximum absolute atomic E-state index is 11.8. The highest BCUT2D eigenvalue weighted by atomic mass is 16.5. The molecule has 0 aromatic carbocycles. The van der Waals surface area contributed by atoms with Crippen LogP contribution < -0.4 is 0 Å². The van der Waals surface area contributed by atoms with Crippen molar-refractivity contribution >= 4 is 11.9 Å². The van der Waals surface area contributed by atoms with E-state index in [1.54, 1.807) is 0 Å². The highest BCUT2D eigenvalue weighted by molar-refractivity contribution is 5.78. The first-order chi connectivity index (χ1) is 10.6. The Bertz CT molecular complexity index is 356. The summed E-state index contributed by atoms with van der Waals surface area (Å²) in [7, 11) is 0. The van der Waals surface area contributed by atoms with Gasteiger partial charge in [0.05, 0.1) is 18.9 Å². The number of hydrogen-bond acceptors (Lipinski definition) is 3. The van der Waals surface area contributed by atoms with Crippen LogP contribution in [0.4, 0.5) is 0 Å². The van der Waals surface area contributed by atoms with Gasteiger partial charge in [-0.3, -0.25) is 9.59 Å². The number of carbonyl (C=O) groups is 2. The molecule has 4 heteroatoms. The molecule has 0 radical (unpaired) electrons. The number of esters is 1. The Labute approximate surface area is 133 Å². The Hall–Kier alpha value is -1.32. The Balaban J connectivity index is 2.22. The lowest BCUT2D eigenvalue weighted by Crippen LogP contribution is -2.20. The van der Waals surface area contributed by atoms with Crippen molar-refractivity contribution in [1.82, 2.24) is 0 Å². The van der Waals surface area contributed by atoms with Crippen LogP contribution in [0.5, 0.6) is 0 Å². The van der Waals surface area contributed by atoms with E-state index in [0.29, 0.717) is 18.9 Å². The van der Waals surface area contributed by atoms with E-state index in [0.717, 1.165) is 19.3 Å². The first kappa shape index (κ1) is 18.7. The Morgan fingerprint density at radius 1 is 1.23 bits per heavy atom. The first-order valence-corrected chi connectivity index (χ1v) is 8.67. The van der Waals surface area contributed by atoms with Gasteiger partial charge in [-0.05, 0) is 25.2 Å². The van der Waals surface area contributed by atoms with Crippen LogP contribution in [0.3, 0.4) is 0 Å². The van der Waals surface area contributed by atoms with Crippen LogP contribution in [0, 0.1) is 11.8 Å². The Morgan fingerprint density at radius 3 is 2.59 bits per heavy atom. The summed E-state index contributed by atoms with van der Waals surface area (Å²) < 4.78 is 5.23. The smallest absolute Gasteiger partial charge is 0.307 e. The maximum atomic E-state index is 11.8. The first-order valence-electron chi connectivity index (χ1n) is 8.67. The zero-order valence-corrected chi connectivity index (χ0v) is 13.8. The average Bonchev–Trinajstić information content (AvgIpc) is 2.51. The van der Waals surface area contributed by atoms with Crippen molar-refractivity contribution in [3.8, 4) is 0 Å². The molecule has 4 nitrogen and oxygen atoms in total. The van der Waals surface area contributed by atoms with Gasteiger partial charge in [0.25, 0.3) is 0 Å². The van der Waals surface area contributed by atoms with Crippen LogP contribution in [0.25, 0.3) is 0 Å². The molecule has 0 aromatic heterocycles. The van der Waals surface area contributed by atoms with Crippen molar-refractivity contribution in [2.75, 3.05) is 6.61 Å². The third-order valence-electron chi connectivity index (χ3n) is 4.32. The van der Waals surface area contributed by atoms with Crippen molar-refractivity contribution in [2.24, 2.45) is 11.8 Å². The summed E-state index contributed by atoms with van der Waals surface area (Å²) in [4.78, 5) is 23.0. The largest absolute Gasteiger partial charge is 0.481 e. The molecule has 1 fully saturated rings. The minimum absolute atomic E-state index is 0.0313. The molecule has 0 heterocycles. The molecule has 1 N–H and O–H groups in total. The van der Waals surface area contributed by atoms with Gasteiger partial charge in [-0.15, -0.1) is 0 Å². The number of allylic oxidation sites excluding steroid dienone is 2. The van der Waals surface area contributed by atoms with Crippen LogP contribution in [0.2, 0.25) is 0 Å². The van der Waals surface area contributed by atoms with Crippen molar-refractivity contribution in [3.05, 3.63) is 12.2 Å². The quantitative estimate of drug-likeness (QED) is 0.481. The summed E-state index contributed by atoms with van der Waals surface area (Å²) in [6.07, 6.45) is 13.5. The lowest BCUT2D eigenvalue weighted by molar-refractivity contribution is -0.151. The van der Waals surface area contributed by atoms with Gasteiger partial charge in [-0.25, -0.2) is 0 Å². The van der Waals surface area contributed by atoms with Crippen LogP contribution in [0.1, 0.15) is 71.1 Å². The fraction of sp³-hybridized carbons (Fsp3) is 0.778. The second-order valence-corrected chi connectivity index (χ2v) is 6.25. The molecule has 1 atom stereocenters. The number of hydrogen-bond donors (Lipinski definition) is 1. The molecule has 0 amide bonds. The fourth-order valence-electron chi connectivity index (χ4n) is 2.89. The third kappa shape index (κ3) is 8.20. The monoisotopic (exact) mass is 310 g/mol. The molecule has 1 aliphatic carbocycles. The molecule has 1 saturated carbocycles. The average molecular weight is 310 g/mol. The number of aliphatic carboxylic acids is 1. The molecule has 126 valence electrons. The summed E-state index contributed by atoms with van der Waals surface area (Å²) in [5, 5.41) is 9.17. The number of ether oxygens (including phenoxy) is 1. The van der Waals surface area contributed by atoms with E-state index >= 15 is 0 Å². The number of carboxylic acids is 1. The molecular formula is C18H30O4. The standard InChI is InChI=1S/C18H30O4/c1-2-3-4-8-11-16(18(20)21)14-17(19)22-13-12-15-9-6-5-7-10-15/h4,8,15-16H,2-3,5-7,9-14H2,1H3,(H,20,21). The number of rotatable bonds is 10. The lowest BCUT2D eigenvalue weighted by atomic mass is 9.87. The minimum atomic E-state index is -0.926. The van der Waals surface area contributed by atoms with Gasteiger partial charge >= 0.3 is 11.9 Å². The van der Waals surface area contributed by atoms with Crippen molar-refractivity contribution in [3.63, 3.8) is 0 Å². The van der Waals surface area contributed by atoms with Crippen LogP contribution >= 0.6 is 0 Å². The Morgan fingerprint density at radius 2 is 1.95 bits per heavy atom. The van der Waals surface area contributed by atoms with E-state index in [1.807, 2.05) is 12.2 Å². The molecule has 1 aliphatic rings. The maximum Gasteiger partial charge on any atom is 0.307 e. The van der Waals surface area contributed by atoms with E-state index in [2.05, 4.69) is 6.92 Å². The van der Waals surface area contributed by atoms with Crippen molar-refractivity contribution in [2.45, 2.75) is 71.1 Å². The molecule has 0 aromatic rings. The summed E-state index contributed by atoms with van der Waals surface area (Å²) in [6, 6.07) is 0. The second kappa shape index (κ2) is 11.3. The van der Waals surface area contributed by atoms with Crippen LogP contribution in [-0.2, 0) is 14.3 Å². The Kier molecular flexibility index (Phi) is 9.60. The molecular weight excluding hydrogens is 280 g/mol. The lowest BCUT2D eigenvalue weighted by Gasteiger charge is -2.21. The van der Waals surface area contributed by atoms with Gasteiger partial charge in [0.15, 0.2) is 0 Å². The van der Waals surface area contributed by atoms with E-state index < -0.39 is 11.9 Å². The van der Waals surface area contributed by atoms with Crippen LogP contribution in [-0.4, -0.2) is 23.7 Å². The number of carbonyl (C=O) groups excluding carboxylic acids is 1. The molecule has 1 rings (SSSR count). The topological polar surface area (TPSA) is 63.6 Å². The zero-order valence-electron chi connectivity index (χ0n) is 13.8. The summed E-state index contributed by atoms with van der Waals surface area (Å²) >= 11 is 0. The molecule has 22 heavy (non-hydrogen) atoms. The SMILES string of the molecule is CCCC=CCC(CC(=O)OCCC1CCCCC1)C(=O)O. The molecule has 0 bridgehead atoms. The second-order valence-electron chi connectivity index (χ2n) is 6.25. The van der Waals surface area contributed by atoms with Crippen LogP contribution in [0.15, 0.2) is 12.2 Å². The predicted octanol–water partition coefficient (Wildman–Crippen LogP) is 4.34. The van der Waals surface area contributed by atoms with E-state index in [9.17, 15) is 9.59 Å². The number of unbranched alkanes of at least 4 members (excludes halogenated alkanes) is 1. The van der Waals surface area contributed by atoms with Gasteiger partial charge in [-0.2, -0.15) is 0 Å².